The fraction of sp³-hybridized carbons (Fsp3) is 0.500. The van der Waals surface area contributed by atoms with E-state index in [2.05, 4.69) is 31.1 Å². The highest BCUT2D eigenvalue weighted by molar-refractivity contribution is 7.99. The van der Waals surface area contributed by atoms with Crippen molar-refractivity contribution in [2.24, 2.45) is 7.05 Å². The highest BCUT2D eigenvalue weighted by Gasteiger charge is 2.21. The van der Waals surface area contributed by atoms with Gasteiger partial charge >= 0.3 is 0 Å². The quantitative estimate of drug-likeness (QED) is 0.940. The van der Waals surface area contributed by atoms with Crippen LogP contribution in [0.2, 0.25) is 0 Å². The molecule has 0 radical (unpaired) electrons. The SMILES string of the molecule is Cc1ccc(Sc2nnc(C3CCNCC3)n2C)nc1.Cl. The Balaban J connectivity index is 0.00000161. The second kappa shape index (κ2) is 7.24. The van der Waals surface area contributed by atoms with Crippen molar-refractivity contribution < 1.29 is 0 Å². The van der Waals surface area contributed by atoms with Crippen molar-refractivity contribution in [3.8, 4) is 0 Å². The lowest BCUT2D eigenvalue weighted by atomic mass is 9.97. The predicted molar refractivity (Wildman–Crippen MR) is 86.2 cm³/mol. The standard InChI is InChI=1S/C14H19N5S.ClH/c1-10-3-4-12(16-9-10)20-14-18-17-13(19(14)2)11-5-7-15-8-6-11;/h3-4,9,11,15H,5-8H2,1-2H3;1H. The molecule has 0 unspecified atom stereocenters. The molecule has 1 N–H and O–H groups in total. The van der Waals surface area contributed by atoms with Gasteiger partial charge in [0, 0.05) is 19.2 Å². The molecule has 3 heterocycles. The third-order valence-corrected chi connectivity index (χ3v) is 4.64. The third kappa shape index (κ3) is 3.75. The number of hydrogen-bond acceptors (Lipinski definition) is 5. The van der Waals surface area contributed by atoms with Crippen LogP contribution in [-0.2, 0) is 7.05 Å². The molecule has 1 aliphatic heterocycles. The van der Waals surface area contributed by atoms with Crippen molar-refractivity contribution >= 4 is 24.2 Å². The topological polar surface area (TPSA) is 55.6 Å². The van der Waals surface area contributed by atoms with Crippen LogP contribution in [0.4, 0.5) is 0 Å². The summed E-state index contributed by atoms with van der Waals surface area (Å²) >= 11 is 1.57. The Bertz CT molecular complexity index is 578. The van der Waals surface area contributed by atoms with E-state index in [0.29, 0.717) is 5.92 Å². The molecule has 1 fully saturated rings. The maximum absolute atomic E-state index is 4.41. The van der Waals surface area contributed by atoms with Gasteiger partial charge in [0.15, 0.2) is 5.16 Å². The minimum absolute atomic E-state index is 0. The van der Waals surface area contributed by atoms with Gasteiger partial charge in [0.1, 0.15) is 10.9 Å². The minimum Gasteiger partial charge on any atom is -0.317 e. The van der Waals surface area contributed by atoms with E-state index in [-0.39, 0.29) is 12.4 Å². The molecule has 0 aromatic carbocycles. The Hall–Kier alpha value is -1.11. The summed E-state index contributed by atoms with van der Waals surface area (Å²) in [5.74, 6) is 1.62. The number of hydrogen-bond donors (Lipinski definition) is 1. The normalized spacial score (nSPS) is 15.7. The summed E-state index contributed by atoms with van der Waals surface area (Å²) in [6.45, 7) is 4.18. The van der Waals surface area contributed by atoms with Gasteiger partial charge in [-0.1, -0.05) is 6.07 Å². The zero-order chi connectivity index (χ0) is 13.9. The summed E-state index contributed by atoms with van der Waals surface area (Å²) in [5, 5.41) is 14.0. The van der Waals surface area contributed by atoms with Crippen molar-refractivity contribution in [1.82, 2.24) is 25.1 Å². The highest BCUT2D eigenvalue weighted by Crippen LogP contribution is 2.29. The Morgan fingerprint density at radius 2 is 2.00 bits per heavy atom. The van der Waals surface area contributed by atoms with Crippen LogP contribution in [-0.4, -0.2) is 32.8 Å². The maximum Gasteiger partial charge on any atom is 0.197 e. The highest BCUT2D eigenvalue weighted by atomic mass is 35.5. The van der Waals surface area contributed by atoms with Crippen LogP contribution in [0, 0.1) is 6.92 Å². The molecule has 1 aliphatic rings. The van der Waals surface area contributed by atoms with E-state index in [1.807, 2.05) is 26.2 Å². The molecule has 0 atom stereocenters. The van der Waals surface area contributed by atoms with Gasteiger partial charge in [0.25, 0.3) is 0 Å². The molecule has 0 saturated carbocycles. The lowest BCUT2D eigenvalue weighted by Gasteiger charge is -2.21. The van der Waals surface area contributed by atoms with Crippen molar-refractivity contribution in [3.05, 3.63) is 29.7 Å². The molecule has 2 aromatic rings. The maximum atomic E-state index is 4.41. The number of halogens is 1. The first-order valence-corrected chi connectivity index (χ1v) is 7.76. The Labute approximate surface area is 135 Å². The minimum atomic E-state index is 0. The van der Waals surface area contributed by atoms with Gasteiger partial charge in [0.2, 0.25) is 0 Å². The van der Waals surface area contributed by atoms with E-state index in [0.717, 1.165) is 41.9 Å². The Morgan fingerprint density at radius 1 is 1.24 bits per heavy atom. The van der Waals surface area contributed by atoms with Crippen LogP contribution in [0.1, 0.15) is 30.1 Å². The largest absolute Gasteiger partial charge is 0.317 e. The lowest BCUT2D eigenvalue weighted by molar-refractivity contribution is 0.434. The molecule has 0 aliphatic carbocycles. The van der Waals surface area contributed by atoms with Gasteiger partial charge in [-0.15, -0.1) is 22.6 Å². The molecular weight excluding hydrogens is 306 g/mol. The summed E-state index contributed by atoms with van der Waals surface area (Å²) in [6, 6.07) is 4.10. The van der Waals surface area contributed by atoms with Gasteiger partial charge < -0.3 is 9.88 Å². The number of aryl methyl sites for hydroxylation is 1. The number of piperidine rings is 1. The lowest BCUT2D eigenvalue weighted by Crippen LogP contribution is -2.27. The summed E-state index contributed by atoms with van der Waals surface area (Å²) in [6.07, 6.45) is 4.16. The van der Waals surface area contributed by atoms with Crippen LogP contribution < -0.4 is 5.32 Å². The fourth-order valence-electron chi connectivity index (χ4n) is 2.46. The number of nitrogens with one attached hydrogen (secondary N) is 1. The van der Waals surface area contributed by atoms with Crippen molar-refractivity contribution in [2.75, 3.05) is 13.1 Å². The smallest absolute Gasteiger partial charge is 0.197 e. The summed E-state index contributed by atoms with van der Waals surface area (Å²) in [4.78, 5) is 4.41. The first-order chi connectivity index (χ1) is 9.74. The van der Waals surface area contributed by atoms with E-state index in [1.165, 1.54) is 5.56 Å². The van der Waals surface area contributed by atoms with E-state index < -0.39 is 0 Å². The average Bonchev–Trinajstić information content (AvgIpc) is 2.84. The molecule has 7 heteroatoms. The van der Waals surface area contributed by atoms with Gasteiger partial charge in [0.05, 0.1) is 0 Å². The van der Waals surface area contributed by atoms with Gasteiger partial charge in [-0.3, -0.25) is 0 Å². The number of aromatic nitrogens is 4. The molecule has 21 heavy (non-hydrogen) atoms. The molecule has 0 bridgehead atoms. The van der Waals surface area contributed by atoms with E-state index >= 15 is 0 Å². The Morgan fingerprint density at radius 3 is 2.67 bits per heavy atom. The number of rotatable bonds is 3. The first kappa shape index (κ1) is 16.3. The first-order valence-electron chi connectivity index (χ1n) is 6.94. The van der Waals surface area contributed by atoms with Gasteiger partial charge in [-0.2, -0.15) is 0 Å². The molecule has 0 amide bonds. The molecule has 5 nitrogen and oxygen atoms in total. The Kier molecular flexibility index (Phi) is 5.61. The van der Waals surface area contributed by atoms with Gasteiger partial charge in [-0.05, 0) is 56.2 Å². The third-order valence-electron chi connectivity index (χ3n) is 3.65. The molecule has 1 saturated heterocycles. The summed E-state index contributed by atoms with van der Waals surface area (Å²) < 4.78 is 2.11. The average molecular weight is 326 g/mol. The monoisotopic (exact) mass is 325 g/mol. The second-order valence-corrected chi connectivity index (χ2v) is 6.19. The van der Waals surface area contributed by atoms with Crippen LogP contribution in [0.15, 0.2) is 28.5 Å². The predicted octanol–water partition coefficient (Wildman–Crippen LogP) is 2.56. The van der Waals surface area contributed by atoms with Crippen LogP contribution in [0.3, 0.4) is 0 Å². The van der Waals surface area contributed by atoms with Crippen molar-refractivity contribution in [1.29, 1.82) is 0 Å². The zero-order valence-corrected chi connectivity index (χ0v) is 13.9. The van der Waals surface area contributed by atoms with Crippen LogP contribution in [0.5, 0.6) is 0 Å². The summed E-state index contributed by atoms with van der Waals surface area (Å²) in [5.41, 5.74) is 1.17. The van der Waals surface area contributed by atoms with E-state index in [4.69, 9.17) is 0 Å². The van der Waals surface area contributed by atoms with Crippen LogP contribution in [0.25, 0.3) is 0 Å². The number of pyridine rings is 1. The summed E-state index contributed by atoms with van der Waals surface area (Å²) in [7, 11) is 2.05. The number of nitrogens with zero attached hydrogens (tertiary/aromatic N) is 4. The molecule has 3 rings (SSSR count). The second-order valence-electron chi connectivity index (χ2n) is 5.20. The van der Waals surface area contributed by atoms with Crippen LogP contribution >= 0.6 is 24.2 Å². The van der Waals surface area contributed by atoms with Crippen molar-refractivity contribution in [2.45, 2.75) is 35.9 Å². The molecule has 2 aromatic heterocycles. The zero-order valence-electron chi connectivity index (χ0n) is 12.2. The van der Waals surface area contributed by atoms with Crippen molar-refractivity contribution in [3.63, 3.8) is 0 Å². The molecular formula is C14H20ClN5S. The van der Waals surface area contributed by atoms with E-state index in [9.17, 15) is 0 Å². The fourth-order valence-corrected chi connectivity index (χ4v) is 3.20. The molecule has 114 valence electrons. The van der Waals surface area contributed by atoms with Gasteiger partial charge in [-0.25, -0.2) is 4.98 Å². The van der Waals surface area contributed by atoms with E-state index in [1.54, 1.807) is 11.8 Å². The molecule has 0 spiro atoms.